The van der Waals surface area contributed by atoms with E-state index in [9.17, 15) is 14.0 Å². The Bertz CT molecular complexity index is 1150. The topological polar surface area (TPSA) is 58.6 Å². The predicted molar refractivity (Wildman–Crippen MR) is 143 cm³/mol. The number of nitrogens with zero attached hydrogens (tertiary/aromatic N) is 1. The second-order valence-electron chi connectivity index (χ2n) is 8.87. The summed E-state index contributed by atoms with van der Waals surface area (Å²) >= 11 is 3.46. The van der Waals surface area contributed by atoms with E-state index in [0.29, 0.717) is 12.2 Å². The van der Waals surface area contributed by atoms with Gasteiger partial charge in [-0.05, 0) is 67.3 Å². The van der Waals surface area contributed by atoms with Gasteiger partial charge in [0.05, 0.1) is 0 Å². The van der Waals surface area contributed by atoms with E-state index in [0.717, 1.165) is 27.6 Å². The molecule has 0 aromatic heterocycles. The van der Waals surface area contributed by atoms with E-state index >= 15 is 0 Å². The average molecular weight is 555 g/mol. The Kier molecular flexibility index (Phi) is 10.1. The summed E-state index contributed by atoms with van der Waals surface area (Å²) in [5.74, 6) is -0.362. The number of rotatable bonds is 11. The van der Waals surface area contributed by atoms with Crippen LogP contribution in [0.1, 0.15) is 37.0 Å². The monoisotopic (exact) mass is 554 g/mol. The lowest BCUT2D eigenvalue weighted by atomic mass is 10.0. The van der Waals surface area contributed by atoms with Gasteiger partial charge in [-0.2, -0.15) is 0 Å². The number of aryl methyl sites for hydroxylation is 1. The highest BCUT2D eigenvalue weighted by Crippen LogP contribution is 2.22. The first-order chi connectivity index (χ1) is 17.3. The summed E-state index contributed by atoms with van der Waals surface area (Å²) in [5, 5.41) is 3.03. The number of ether oxygens (including phenoxy) is 1. The number of hydrogen-bond acceptors (Lipinski definition) is 3. The van der Waals surface area contributed by atoms with Crippen LogP contribution in [0.3, 0.4) is 0 Å². The first kappa shape index (κ1) is 27.4. The molecule has 0 spiro atoms. The summed E-state index contributed by atoms with van der Waals surface area (Å²) in [4.78, 5) is 28.6. The zero-order chi connectivity index (χ0) is 26.1. The molecule has 0 radical (unpaired) electrons. The number of hydrogen-bond donors (Lipinski definition) is 1. The zero-order valence-electron chi connectivity index (χ0n) is 20.8. The SMILES string of the molecule is CCC(C)NC(=O)C(Cc1ccccc1)N(Cc1ccc(F)cc1)C(=O)COc1ccc(Br)c(C)c1. The van der Waals surface area contributed by atoms with Gasteiger partial charge in [-0.25, -0.2) is 4.39 Å². The summed E-state index contributed by atoms with van der Waals surface area (Å²) < 4.78 is 20.3. The molecule has 7 heteroatoms. The van der Waals surface area contributed by atoms with E-state index in [4.69, 9.17) is 4.74 Å². The molecule has 0 heterocycles. The van der Waals surface area contributed by atoms with Crippen LogP contribution >= 0.6 is 15.9 Å². The summed E-state index contributed by atoms with van der Waals surface area (Å²) in [5.41, 5.74) is 2.64. The van der Waals surface area contributed by atoms with Crippen LogP contribution in [0, 0.1) is 12.7 Å². The highest BCUT2D eigenvalue weighted by Gasteiger charge is 2.31. The van der Waals surface area contributed by atoms with Crippen LogP contribution in [0.15, 0.2) is 77.3 Å². The molecule has 3 aromatic rings. The number of halogens is 2. The third-order valence-electron chi connectivity index (χ3n) is 6.03. The van der Waals surface area contributed by atoms with Crippen molar-refractivity contribution in [3.05, 3.63) is 99.8 Å². The highest BCUT2D eigenvalue weighted by atomic mass is 79.9. The van der Waals surface area contributed by atoms with Crippen molar-refractivity contribution in [1.82, 2.24) is 10.2 Å². The predicted octanol–water partition coefficient (Wildman–Crippen LogP) is 5.83. The maximum atomic E-state index is 13.6. The third-order valence-corrected chi connectivity index (χ3v) is 6.92. The smallest absolute Gasteiger partial charge is 0.261 e. The Balaban J connectivity index is 1.90. The molecule has 190 valence electrons. The minimum Gasteiger partial charge on any atom is -0.484 e. The van der Waals surface area contributed by atoms with Crippen LogP contribution in [-0.4, -0.2) is 35.4 Å². The molecule has 2 amide bonds. The van der Waals surface area contributed by atoms with Gasteiger partial charge < -0.3 is 15.0 Å². The molecule has 0 saturated heterocycles. The fraction of sp³-hybridized carbons (Fsp3) is 0.310. The van der Waals surface area contributed by atoms with Gasteiger partial charge in [0, 0.05) is 23.5 Å². The quantitative estimate of drug-likeness (QED) is 0.324. The van der Waals surface area contributed by atoms with Gasteiger partial charge in [0.15, 0.2) is 6.61 Å². The van der Waals surface area contributed by atoms with Gasteiger partial charge in [-0.1, -0.05) is 65.3 Å². The lowest BCUT2D eigenvalue weighted by Crippen LogP contribution is -2.53. The zero-order valence-corrected chi connectivity index (χ0v) is 22.4. The minimum atomic E-state index is -0.769. The Morgan fingerprint density at radius 2 is 1.72 bits per heavy atom. The van der Waals surface area contributed by atoms with E-state index in [1.54, 1.807) is 18.2 Å². The van der Waals surface area contributed by atoms with Gasteiger partial charge in [0.1, 0.15) is 17.6 Å². The summed E-state index contributed by atoms with van der Waals surface area (Å²) in [7, 11) is 0. The maximum Gasteiger partial charge on any atom is 0.261 e. The molecule has 0 fully saturated rings. The van der Waals surface area contributed by atoms with Crippen molar-refractivity contribution < 1.29 is 18.7 Å². The van der Waals surface area contributed by atoms with Gasteiger partial charge in [-0.3, -0.25) is 9.59 Å². The van der Waals surface area contributed by atoms with Gasteiger partial charge in [0.2, 0.25) is 5.91 Å². The van der Waals surface area contributed by atoms with Crippen molar-refractivity contribution in [2.45, 2.75) is 52.2 Å². The van der Waals surface area contributed by atoms with Gasteiger partial charge >= 0.3 is 0 Å². The number of carbonyl (C=O) groups excluding carboxylic acids is 2. The van der Waals surface area contributed by atoms with Crippen LogP contribution in [0.5, 0.6) is 5.75 Å². The Morgan fingerprint density at radius 3 is 2.36 bits per heavy atom. The largest absolute Gasteiger partial charge is 0.484 e. The second kappa shape index (κ2) is 13.2. The van der Waals surface area contributed by atoms with Crippen LogP contribution in [0.25, 0.3) is 0 Å². The molecule has 0 aliphatic carbocycles. The number of amides is 2. The first-order valence-electron chi connectivity index (χ1n) is 12.0. The Labute approximate surface area is 220 Å². The lowest BCUT2D eigenvalue weighted by molar-refractivity contribution is -0.143. The van der Waals surface area contributed by atoms with Crippen molar-refractivity contribution in [2.75, 3.05) is 6.61 Å². The van der Waals surface area contributed by atoms with E-state index in [-0.39, 0.29) is 36.8 Å². The number of nitrogens with one attached hydrogen (secondary N) is 1. The van der Waals surface area contributed by atoms with Crippen molar-refractivity contribution in [1.29, 1.82) is 0 Å². The third kappa shape index (κ3) is 7.92. The van der Waals surface area contributed by atoms with Gasteiger partial charge in [-0.15, -0.1) is 0 Å². The van der Waals surface area contributed by atoms with E-state index in [1.165, 1.54) is 17.0 Å². The summed E-state index contributed by atoms with van der Waals surface area (Å²) in [6, 6.07) is 20.2. The summed E-state index contributed by atoms with van der Waals surface area (Å²) in [6.07, 6.45) is 1.11. The fourth-order valence-electron chi connectivity index (χ4n) is 3.72. The lowest BCUT2D eigenvalue weighted by Gasteiger charge is -2.32. The second-order valence-corrected chi connectivity index (χ2v) is 9.73. The molecular formula is C29H32BrFN2O3. The summed E-state index contributed by atoms with van der Waals surface area (Å²) in [6.45, 7) is 5.78. The van der Waals surface area contributed by atoms with Crippen LogP contribution < -0.4 is 10.1 Å². The molecule has 3 rings (SSSR count). The first-order valence-corrected chi connectivity index (χ1v) is 12.8. The Hall–Kier alpha value is -3.19. The molecule has 2 atom stereocenters. The van der Waals surface area contributed by atoms with E-state index in [1.807, 2.05) is 63.2 Å². The van der Waals surface area contributed by atoms with Crippen molar-refractivity contribution in [2.24, 2.45) is 0 Å². The van der Waals surface area contributed by atoms with E-state index in [2.05, 4.69) is 21.2 Å². The van der Waals surface area contributed by atoms with Crippen LogP contribution in [0.2, 0.25) is 0 Å². The van der Waals surface area contributed by atoms with Gasteiger partial charge in [0.25, 0.3) is 5.91 Å². The highest BCUT2D eigenvalue weighted by molar-refractivity contribution is 9.10. The molecule has 0 saturated carbocycles. The van der Waals surface area contributed by atoms with E-state index < -0.39 is 6.04 Å². The van der Waals surface area contributed by atoms with Crippen molar-refractivity contribution >= 4 is 27.7 Å². The molecule has 3 aromatic carbocycles. The number of carbonyl (C=O) groups is 2. The van der Waals surface area contributed by atoms with Crippen LogP contribution in [0.4, 0.5) is 4.39 Å². The minimum absolute atomic E-state index is 0.0412. The van der Waals surface area contributed by atoms with Crippen molar-refractivity contribution in [3.63, 3.8) is 0 Å². The molecule has 0 aliphatic rings. The standard InChI is InChI=1S/C29H32BrFN2O3/c1-4-21(3)32-29(35)27(17-22-8-6-5-7-9-22)33(18-23-10-12-24(31)13-11-23)28(34)19-36-25-14-15-26(30)20(2)16-25/h5-16,21,27H,4,17-19H2,1-3H3,(H,32,35). The molecule has 0 bridgehead atoms. The molecular weight excluding hydrogens is 523 g/mol. The molecule has 36 heavy (non-hydrogen) atoms. The molecule has 1 N–H and O–H groups in total. The van der Waals surface area contributed by atoms with Crippen molar-refractivity contribution in [3.8, 4) is 5.75 Å². The molecule has 2 unspecified atom stereocenters. The average Bonchev–Trinajstić information content (AvgIpc) is 2.88. The molecule has 0 aliphatic heterocycles. The normalized spacial score (nSPS) is 12.5. The maximum absolute atomic E-state index is 13.6. The molecule has 5 nitrogen and oxygen atoms in total. The number of benzene rings is 3. The van der Waals surface area contributed by atoms with Crippen LogP contribution in [-0.2, 0) is 22.6 Å². The fourth-order valence-corrected chi connectivity index (χ4v) is 3.96. The Morgan fingerprint density at radius 1 is 1.03 bits per heavy atom.